The Bertz CT molecular complexity index is 3400. The Morgan fingerprint density at radius 3 is 2.15 bits per heavy atom. The lowest BCUT2D eigenvalue weighted by molar-refractivity contribution is 0.604. The highest BCUT2D eigenvalue weighted by molar-refractivity contribution is 7.18. The van der Waals surface area contributed by atoms with E-state index in [1.165, 1.54) is 0 Å². The molecule has 0 aliphatic carbocycles. The predicted octanol–water partition coefficient (Wildman–Crippen LogP) is 12.8. The minimum atomic E-state index is -0.106. The summed E-state index contributed by atoms with van der Waals surface area (Å²) in [6, 6.07) is 44.3. The molecule has 5 heteroatoms. The van der Waals surface area contributed by atoms with Gasteiger partial charge in [0.2, 0.25) is 0 Å². The summed E-state index contributed by atoms with van der Waals surface area (Å²) in [7, 11) is 0. The summed E-state index contributed by atoms with van der Waals surface area (Å²) in [5.41, 5.74) is 6.74. The number of aromatic nitrogens is 1. The Labute approximate surface area is 313 Å². The van der Waals surface area contributed by atoms with Crippen molar-refractivity contribution in [1.29, 1.82) is 0 Å². The van der Waals surface area contributed by atoms with Crippen LogP contribution in [0.1, 0.15) is 18.2 Å². The van der Waals surface area contributed by atoms with Gasteiger partial charge in [-0.2, -0.15) is 0 Å². The number of benzene rings is 6. The number of nitrogens with zero attached hydrogens (tertiary/aromatic N) is 1. The van der Waals surface area contributed by atoms with Gasteiger partial charge in [0.1, 0.15) is 11.3 Å². The van der Waals surface area contributed by atoms with Crippen LogP contribution in [0.4, 0.5) is 0 Å². The van der Waals surface area contributed by atoms with E-state index in [0.717, 1.165) is 81.7 Å². The molecule has 10 rings (SSSR count). The van der Waals surface area contributed by atoms with Crippen molar-refractivity contribution in [2.45, 2.75) is 6.92 Å². The lowest BCUT2D eigenvalue weighted by Crippen LogP contribution is -2.14. The van der Waals surface area contributed by atoms with E-state index < -0.39 is 0 Å². The van der Waals surface area contributed by atoms with Crippen molar-refractivity contribution in [2.24, 2.45) is 0 Å². The van der Waals surface area contributed by atoms with E-state index in [4.69, 9.17) is 4.42 Å². The lowest BCUT2D eigenvalue weighted by atomic mass is 9.95. The third-order valence-corrected chi connectivity index (χ3v) is 11.5. The molecule has 0 aliphatic heterocycles. The van der Waals surface area contributed by atoms with E-state index in [1.54, 1.807) is 11.3 Å². The highest BCUT2D eigenvalue weighted by Crippen LogP contribution is 2.39. The average Bonchev–Trinajstić information content (AvgIpc) is 3.86. The van der Waals surface area contributed by atoms with Gasteiger partial charge < -0.3 is 4.42 Å². The smallest absolute Gasteiger partial charge is 0.264 e. The third-order valence-electron chi connectivity index (χ3n) is 10.6. The van der Waals surface area contributed by atoms with Crippen molar-refractivity contribution in [2.75, 3.05) is 0 Å². The normalized spacial score (nSPS) is 11.9. The van der Waals surface area contributed by atoms with E-state index in [2.05, 4.69) is 55.1 Å². The van der Waals surface area contributed by atoms with Crippen LogP contribution in [0.15, 0.2) is 166 Å². The van der Waals surface area contributed by atoms with Gasteiger partial charge >= 0.3 is 0 Å². The van der Waals surface area contributed by atoms with Crippen LogP contribution >= 0.6 is 11.3 Å². The maximum absolute atomic E-state index is 15.0. The zero-order valence-corrected chi connectivity index (χ0v) is 30.1. The molecule has 0 saturated carbocycles. The average molecular weight is 714 g/mol. The Morgan fingerprint density at radius 2 is 1.31 bits per heavy atom. The molecule has 0 atom stereocenters. The van der Waals surface area contributed by atoms with Gasteiger partial charge in [-0.15, -0.1) is 11.3 Å². The number of hydrogen-bond acceptors (Lipinski definition) is 4. The van der Waals surface area contributed by atoms with Crippen LogP contribution in [0.3, 0.4) is 0 Å². The van der Waals surface area contributed by atoms with E-state index in [1.807, 2.05) is 120 Å². The molecule has 0 radical (unpaired) electrons. The van der Waals surface area contributed by atoms with Crippen molar-refractivity contribution in [3.63, 3.8) is 0 Å². The van der Waals surface area contributed by atoms with Crippen LogP contribution in [0.25, 0.3) is 104 Å². The minimum Gasteiger partial charge on any atom is -0.455 e. The molecule has 4 nitrogen and oxygen atoms in total. The fraction of sp³-hybridized carbons (Fsp3) is 0.0204. The standard InChI is InChI=1S/C49H31NO3S/c1-3-12-44-32(4-2)38-19-10-17-33(47(38)53-44)31-22-24-43-42(28-31)41-27-30(29-13-6-5-7-14-29)21-23-37(41)46(51)36-16-9-8-15-34(36)35-18-11-20-39-45(35)50(43)49(52)40-25-26-54-48(39)40/h3-28H,2H2,1H3/b12-3-. The fourth-order valence-electron chi connectivity index (χ4n) is 8.14. The molecule has 256 valence electrons. The summed E-state index contributed by atoms with van der Waals surface area (Å²) in [4.78, 5) is 30.0. The van der Waals surface area contributed by atoms with Gasteiger partial charge in [0.25, 0.3) is 5.56 Å². The molecule has 0 spiro atoms. The molecule has 0 N–H and O–H groups in total. The number of allylic oxidation sites excluding steroid dienone is 1. The Hall–Kier alpha value is -6.82. The van der Waals surface area contributed by atoms with Crippen LogP contribution in [0.5, 0.6) is 0 Å². The summed E-state index contributed by atoms with van der Waals surface area (Å²) >= 11 is 1.56. The van der Waals surface area contributed by atoms with Crippen molar-refractivity contribution in [1.82, 2.24) is 4.40 Å². The van der Waals surface area contributed by atoms with Gasteiger partial charge in [0.15, 0.2) is 5.43 Å². The summed E-state index contributed by atoms with van der Waals surface area (Å²) in [5.74, 6) is 0.741. The highest BCUT2D eigenvalue weighted by atomic mass is 32.1. The first kappa shape index (κ1) is 31.9. The lowest BCUT2D eigenvalue weighted by Gasteiger charge is -2.13. The fourth-order valence-corrected chi connectivity index (χ4v) is 9.06. The number of hydrogen-bond donors (Lipinski definition) is 0. The quantitative estimate of drug-likeness (QED) is 0.182. The Balaban J connectivity index is 1.50. The van der Waals surface area contributed by atoms with E-state index in [-0.39, 0.29) is 11.0 Å². The number of furan rings is 1. The summed E-state index contributed by atoms with van der Waals surface area (Å²) in [5, 5.41) is 8.82. The molecule has 0 bridgehead atoms. The van der Waals surface area contributed by atoms with Crippen LogP contribution < -0.4 is 11.0 Å². The topological polar surface area (TPSA) is 51.7 Å². The summed E-state index contributed by atoms with van der Waals surface area (Å²) < 4.78 is 9.33. The van der Waals surface area contributed by atoms with Crippen molar-refractivity contribution in [3.8, 4) is 22.3 Å². The van der Waals surface area contributed by atoms with Gasteiger partial charge in [0, 0.05) is 48.1 Å². The van der Waals surface area contributed by atoms with Gasteiger partial charge in [-0.05, 0) is 76.2 Å². The first-order chi connectivity index (χ1) is 26.6. The van der Waals surface area contributed by atoms with Crippen molar-refractivity contribution >= 4 is 93.3 Å². The monoisotopic (exact) mass is 713 g/mol. The molecule has 0 saturated heterocycles. The Morgan fingerprint density at radius 1 is 0.611 bits per heavy atom. The largest absolute Gasteiger partial charge is 0.455 e. The predicted molar refractivity (Wildman–Crippen MR) is 230 cm³/mol. The maximum Gasteiger partial charge on any atom is 0.264 e. The van der Waals surface area contributed by atoms with Gasteiger partial charge in [-0.25, -0.2) is 0 Å². The SMILES string of the molecule is C=Cc1c(/C=C\C)oc2c(-c3ccc4c(c3)c3cc(-c5ccccc5)ccc3c(=O)c3ccccc3c3cccc5c6sccc6c(=O)n4c35)cccc12. The molecule has 0 unspecified atom stereocenters. The number of para-hydroxylation sites is 2. The number of thiophene rings is 1. The molecule has 0 fully saturated rings. The third kappa shape index (κ3) is 4.69. The van der Waals surface area contributed by atoms with Crippen LogP contribution in [-0.4, -0.2) is 4.40 Å². The number of pyridine rings is 1. The minimum absolute atomic E-state index is 0.0821. The molecule has 4 heterocycles. The van der Waals surface area contributed by atoms with Crippen molar-refractivity contribution in [3.05, 3.63) is 183 Å². The summed E-state index contributed by atoms with van der Waals surface area (Å²) in [6.45, 7) is 6.04. The molecule has 0 amide bonds. The Kier molecular flexibility index (Phi) is 7.32. The molecule has 54 heavy (non-hydrogen) atoms. The van der Waals surface area contributed by atoms with Crippen LogP contribution in [-0.2, 0) is 0 Å². The van der Waals surface area contributed by atoms with E-state index >= 15 is 4.79 Å². The zero-order valence-electron chi connectivity index (χ0n) is 29.3. The number of fused-ring (bicyclic) bond motifs is 9. The van der Waals surface area contributed by atoms with Gasteiger partial charge in [-0.3, -0.25) is 14.0 Å². The molecule has 0 aliphatic rings. The first-order valence-electron chi connectivity index (χ1n) is 17.9. The maximum atomic E-state index is 15.0. The number of rotatable bonds is 4. The molecular weight excluding hydrogens is 683 g/mol. The van der Waals surface area contributed by atoms with Gasteiger partial charge in [0.05, 0.1) is 16.4 Å². The molecule has 6 aromatic carbocycles. The molecule has 4 aromatic heterocycles. The second kappa shape index (κ2) is 12.4. The summed E-state index contributed by atoms with van der Waals surface area (Å²) in [6.07, 6.45) is 5.74. The molecular formula is C49H31NO3S. The van der Waals surface area contributed by atoms with E-state index in [9.17, 15) is 4.79 Å². The van der Waals surface area contributed by atoms with Crippen LogP contribution in [0.2, 0.25) is 0 Å². The van der Waals surface area contributed by atoms with Gasteiger partial charge in [-0.1, -0.05) is 122 Å². The zero-order chi connectivity index (χ0) is 36.5. The second-order valence-corrected chi connectivity index (χ2v) is 14.4. The first-order valence-corrected chi connectivity index (χ1v) is 18.8. The van der Waals surface area contributed by atoms with Crippen molar-refractivity contribution < 1.29 is 4.42 Å². The molecule has 10 aromatic rings. The highest BCUT2D eigenvalue weighted by Gasteiger charge is 2.19. The second-order valence-electron chi connectivity index (χ2n) is 13.5. The van der Waals surface area contributed by atoms with E-state index in [0.29, 0.717) is 21.7 Å². The van der Waals surface area contributed by atoms with Crippen LogP contribution in [0, 0.1) is 0 Å².